The Balaban J connectivity index is 1.50. The second-order valence-corrected chi connectivity index (χ2v) is 12.0. The fraction of sp³-hybridized carbons (Fsp3) is 0.172. The number of hydrogen-bond acceptors (Lipinski definition) is 3. The molecule has 0 aliphatic rings. The monoisotopic (exact) mass is 552 g/mol. The molecule has 0 spiro atoms. The minimum atomic E-state index is -3.86. The van der Waals surface area contributed by atoms with Gasteiger partial charge in [0.25, 0.3) is 0 Å². The van der Waals surface area contributed by atoms with Gasteiger partial charge in [-0.25, -0.2) is 8.42 Å². The van der Waals surface area contributed by atoms with Crippen LogP contribution in [0.3, 0.4) is 0 Å². The first-order valence-corrected chi connectivity index (χ1v) is 14.1. The lowest BCUT2D eigenvalue weighted by Gasteiger charge is -2.25. The predicted molar refractivity (Wildman–Crippen MR) is 151 cm³/mol. The van der Waals surface area contributed by atoms with Crippen LogP contribution >= 0.6 is 23.2 Å². The van der Waals surface area contributed by atoms with Crippen LogP contribution in [0.25, 0.3) is 21.8 Å². The lowest BCUT2D eigenvalue weighted by atomic mass is 10.1. The van der Waals surface area contributed by atoms with E-state index in [-0.39, 0.29) is 24.5 Å². The Bertz CT molecular complexity index is 1610. The molecular formula is C29H26Cl2N2O3S. The van der Waals surface area contributed by atoms with E-state index in [1.54, 1.807) is 36.4 Å². The van der Waals surface area contributed by atoms with Crippen LogP contribution in [0.2, 0.25) is 10.0 Å². The van der Waals surface area contributed by atoms with Gasteiger partial charge in [0.1, 0.15) is 0 Å². The van der Waals surface area contributed by atoms with E-state index in [1.165, 1.54) is 4.31 Å². The number of aryl methyl sites for hydroxylation is 1. The van der Waals surface area contributed by atoms with E-state index in [0.717, 1.165) is 32.9 Å². The summed E-state index contributed by atoms with van der Waals surface area (Å²) in [6.07, 6.45) is -0.978. The van der Waals surface area contributed by atoms with Crippen LogP contribution in [0.15, 0.2) is 95.9 Å². The van der Waals surface area contributed by atoms with Crippen molar-refractivity contribution in [2.75, 3.05) is 6.54 Å². The SMILES string of the molecule is Cc1ccc(S(=O)(=O)N(Cc2ccccc2)C[C@H](O)Cn2c3ccc(Cl)cc3c3cc(Cl)ccc32)cc1. The fourth-order valence-electron chi connectivity index (χ4n) is 4.64. The highest BCUT2D eigenvalue weighted by molar-refractivity contribution is 7.89. The molecule has 37 heavy (non-hydrogen) atoms. The van der Waals surface area contributed by atoms with E-state index in [1.807, 2.05) is 66.1 Å². The Labute approximate surface area is 226 Å². The molecule has 0 radical (unpaired) electrons. The topological polar surface area (TPSA) is 62.5 Å². The van der Waals surface area contributed by atoms with Gasteiger partial charge in [-0.1, -0.05) is 71.2 Å². The molecule has 5 rings (SSSR count). The number of aliphatic hydroxyl groups is 1. The van der Waals surface area contributed by atoms with Crippen LogP contribution in [0, 0.1) is 6.92 Å². The highest BCUT2D eigenvalue weighted by Gasteiger charge is 2.27. The zero-order valence-electron chi connectivity index (χ0n) is 20.2. The Morgan fingerprint density at radius 3 is 1.97 bits per heavy atom. The maximum Gasteiger partial charge on any atom is 0.243 e. The summed E-state index contributed by atoms with van der Waals surface area (Å²) in [5.74, 6) is 0. The second-order valence-electron chi connectivity index (χ2n) is 9.18. The number of sulfonamides is 1. The minimum absolute atomic E-state index is 0.0759. The van der Waals surface area contributed by atoms with Gasteiger partial charge in [-0.3, -0.25) is 0 Å². The van der Waals surface area contributed by atoms with Crippen LogP contribution < -0.4 is 0 Å². The van der Waals surface area contributed by atoms with Gasteiger partial charge in [0.15, 0.2) is 0 Å². The number of nitrogens with zero attached hydrogens (tertiary/aromatic N) is 2. The van der Waals surface area contributed by atoms with Gasteiger partial charge in [0.2, 0.25) is 10.0 Å². The highest BCUT2D eigenvalue weighted by Crippen LogP contribution is 2.33. The molecule has 0 unspecified atom stereocenters. The van der Waals surface area contributed by atoms with E-state index in [9.17, 15) is 13.5 Å². The molecule has 1 aromatic heterocycles. The summed E-state index contributed by atoms with van der Waals surface area (Å²) < 4.78 is 30.7. The zero-order chi connectivity index (χ0) is 26.2. The van der Waals surface area contributed by atoms with E-state index < -0.39 is 16.1 Å². The summed E-state index contributed by atoms with van der Waals surface area (Å²) in [5.41, 5.74) is 3.58. The highest BCUT2D eigenvalue weighted by atomic mass is 35.5. The first-order valence-electron chi connectivity index (χ1n) is 11.9. The van der Waals surface area contributed by atoms with E-state index in [0.29, 0.717) is 10.0 Å². The molecule has 1 N–H and O–H groups in total. The van der Waals surface area contributed by atoms with E-state index in [4.69, 9.17) is 23.2 Å². The Hall–Kier alpha value is -2.87. The third kappa shape index (κ3) is 5.40. The number of aromatic nitrogens is 1. The van der Waals surface area contributed by atoms with Gasteiger partial charge in [-0.15, -0.1) is 0 Å². The van der Waals surface area contributed by atoms with E-state index in [2.05, 4.69) is 0 Å². The van der Waals surface area contributed by atoms with Gasteiger partial charge >= 0.3 is 0 Å². The summed E-state index contributed by atoms with van der Waals surface area (Å²) in [4.78, 5) is 0.197. The Morgan fingerprint density at radius 1 is 0.838 bits per heavy atom. The molecule has 0 saturated carbocycles. The van der Waals surface area contributed by atoms with Crippen molar-refractivity contribution >= 4 is 55.0 Å². The molecule has 4 aromatic carbocycles. The quantitative estimate of drug-likeness (QED) is 0.234. The molecule has 0 bridgehead atoms. The van der Waals surface area contributed by atoms with Crippen molar-refractivity contribution in [1.29, 1.82) is 0 Å². The predicted octanol–water partition coefficient (Wildman–Crippen LogP) is 6.66. The lowest BCUT2D eigenvalue weighted by Crippen LogP contribution is -2.38. The molecule has 5 nitrogen and oxygen atoms in total. The number of hydrogen-bond donors (Lipinski definition) is 1. The number of benzene rings is 4. The number of aliphatic hydroxyl groups excluding tert-OH is 1. The van der Waals surface area contributed by atoms with Gasteiger partial charge in [0, 0.05) is 44.9 Å². The van der Waals surface area contributed by atoms with Crippen molar-refractivity contribution < 1.29 is 13.5 Å². The smallest absolute Gasteiger partial charge is 0.243 e. The summed E-state index contributed by atoms with van der Waals surface area (Å²) in [6.45, 7) is 2.17. The fourth-order valence-corrected chi connectivity index (χ4v) is 6.45. The number of halogens is 2. The molecule has 0 aliphatic carbocycles. The minimum Gasteiger partial charge on any atom is -0.390 e. The van der Waals surface area contributed by atoms with Gasteiger partial charge in [-0.2, -0.15) is 4.31 Å². The average Bonchev–Trinajstić information content (AvgIpc) is 3.16. The number of fused-ring (bicyclic) bond motifs is 3. The van der Waals surface area contributed by atoms with Gasteiger partial charge in [0.05, 0.1) is 17.5 Å². The summed E-state index contributed by atoms with van der Waals surface area (Å²) in [6, 6.07) is 27.3. The molecule has 190 valence electrons. The van der Waals surface area contributed by atoms with Crippen LogP contribution in [0.5, 0.6) is 0 Å². The molecule has 0 amide bonds. The summed E-state index contributed by atoms with van der Waals surface area (Å²) in [7, 11) is -3.86. The van der Waals surface area contributed by atoms with Crippen molar-refractivity contribution in [3.63, 3.8) is 0 Å². The zero-order valence-corrected chi connectivity index (χ0v) is 22.5. The molecule has 0 fully saturated rings. The Morgan fingerprint density at radius 2 is 1.41 bits per heavy atom. The maximum atomic E-state index is 13.7. The van der Waals surface area contributed by atoms with Crippen molar-refractivity contribution in [3.05, 3.63) is 112 Å². The van der Waals surface area contributed by atoms with Crippen LogP contribution in [-0.2, 0) is 23.1 Å². The first-order chi connectivity index (χ1) is 17.7. The molecule has 1 heterocycles. The summed E-state index contributed by atoms with van der Waals surface area (Å²) in [5, 5.41) is 14.3. The van der Waals surface area contributed by atoms with Crippen molar-refractivity contribution in [3.8, 4) is 0 Å². The third-order valence-corrected chi connectivity index (χ3v) is 8.75. The van der Waals surface area contributed by atoms with Crippen molar-refractivity contribution in [2.45, 2.75) is 31.0 Å². The summed E-state index contributed by atoms with van der Waals surface area (Å²) >= 11 is 12.5. The molecule has 0 saturated heterocycles. The van der Waals surface area contributed by atoms with Crippen molar-refractivity contribution in [1.82, 2.24) is 8.87 Å². The van der Waals surface area contributed by atoms with Gasteiger partial charge < -0.3 is 9.67 Å². The standard InChI is InChI=1S/C29H26Cl2N2O3S/c1-20-7-11-25(12-8-20)37(35,36)32(17-21-5-3-2-4-6-21)18-24(34)19-33-28-13-9-22(30)15-26(28)27-16-23(31)10-14-29(27)33/h2-16,24,34H,17-19H2,1H3/t24-/m0/s1. The molecule has 5 aromatic rings. The Kier molecular flexibility index (Phi) is 7.30. The van der Waals surface area contributed by atoms with Crippen LogP contribution in [0.1, 0.15) is 11.1 Å². The average molecular weight is 554 g/mol. The first kappa shape index (κ1) is 25.8. The van der Waals surface area contributed by atoms with Crippen LogP contribution in [-0.4, -0.2) is 35.0 Å². The maximum absolute atomic E-state index is 13.7. The third-order valence-electron chi connectivity index (χ3n) is 6.46. The van der Waals surface area contributed by atoms with Crippen LogP contribution in [0.4, 0.5) is 0 Å². The number of rotatable bonds is 8. The lowest BCUT2D eigenvalue weighted by molar-refractivity contribution is 0.128. The van der Waals surface area contributed by atoms with E-state index >= 15 is 0 Å². The molecule has 1 atom stereocenters. The second kappa shape index (κ2) is 10.5. The molecular weight excluding hydrogens is 527 g/mol. The molecule has 8 heteroatoms. The van der Waals surface area contributed by atoms with Gasteiger partial charge in [-0.05, 0) is 61.0 Å². The largest absolute Gasteiger partial charge is 0.390 e. The van der Waals surface area contributed by atoms with Crippen molar-refractivity contribution in [2.24, 2.45) is 0 Å². The normalized spacial score (nSPS) is 13.0. The molecule has 0 aliphatic heterocycles.